The van der Waals surface area contributed by atoms with Crippen molar-refractivity contribution in [2.45, 2.75) is 51.6 Å². The van der Waals surface area contributed by atoms with E-state index in [0.29, 0.717) is 19.1 Å². The van der Waals surface area contributed by atoms with E-state index in [0.717, 1.165) is 48.9 Å². The van der Waals surface area contributed by atoms with Crippen LogP contribution < -0.4 is 4.74 Å². The van der Waals surface area contributed by atoms with Gasteiger partial charge < -0.3 is 14.5 Å². The number of hydrogen-bond donors (Lipinski definition) is 0. The number of nitrogens with zero attached hydrogens (tertiary/aromatic N) is 2. The minimum absolute atomic E-state index is 0.115. The number of hydrogen-bond acceptors (Lipinski definition) is 2. The zero-order valence-corrected chi connectivity index (χ0v) is 16.9. The zero-order valence-electron chi connectivity index (χ0n) is 16.9. The smallest absolute Gasteiger partial charge is 0.406 e. The van der Waals surface area contributed by atoms with Crippen molar-refractivity contribution >= 4 is 6.03 Å². The van der Waals surface area contributed by atoms with Crippen LogP contribution in [0.5, 0.6) is 5.75 Å². The second-order valence-corrected chi connectivity index (χ2v) is 7.91. The van der Waals surface area contributed by atoms with Crippen LogP contribution in [0.4, 0.5) is 18.0 Å². The number of rotatable bonds is 3. The van der Waals surface area contributed by atoms with Gasteiger partial charge in [0.2, 0.25) is 0 Å². The Morgan fingerprint density at radius 1 is 1.07 bits per heavy atom. The Balaban J connectivity index is 1.50. The molecule has 0 bridgehead atoms. The summed E-state index contributed by atoms with van der Waals surface area (Å²) in [6.45, 7) is 4.22. The molecule has 2 amide bonds. The lowest BCUT2D eigenvalue weighted by Crippen LogP contribution is -2.47. The van der Waals surface area contributed by atoms with E-state index in [1.165, 1.54) is 17.7 Å². The van der Waals surface area contributed by atoms with Crippen molar-refractivity contribution in [1.82, 2.24) is 9.80 Å². The van der Waals surface area contributed by atoms with E-state index < -0.39 is 6.36 Å². The van der Waals surface area contributed by atoms with Gasteiger partial charge in [-0.05, 0) is 66.1 Å². The maximum absolute atomic E-state index is 13.0. The lowest BCUT2D eigenvalue weighted by Gasteiger charge is -2.34. The van der Waals surface area contributed by atoms with E-state index in [1.807, 2.05) is 21.9 Å². The average Bonchev–Trinajstić information content (AvgIpc) is 3.20. The molecule has 1 fully saturated rings. The molecule has 160 valence electrons. The quantitative estimate of drug-likeness (QED) is 0.650. The zero-order chi connectivity index (χ0) is 21.3. The first-order valence-electron chi connectivity index (χ1n) is 10.4. The molecule has 2 aromatic carbocycles. The van der Waals surface area contributed by atoms with Crippen LogP contribution in [0.15, 0.2) is 42.5 Å². The van der Waals surface area contributed by atoms with E-state index in [1.54, 1.807) is 12.1 Å². The fraction of sp³-hybridized carbons (Fsp3) is 0.435. The number of ether oxygens (including phenoxy) is 1. The maximum atomic E-state index is 13.0. The fourth-order valence-electron chi connectivity index (χ4n) is 4.44. The summed E-state index contributed by atoms with van der Waals surface area (Å²) in [7, 11) is 0. The van der Waals surface area contributed by atoms with Crippen molar-refractivity contribution < 1.29 is 22.7 Å². The predicted molar refractivity (Wildman–Crippen MR) is 108 cm³/mol. The van der Waals surface area contributed by atoms with Crippen LogP contribution in [0.2, 0.25) is 0 Å². The van der Waals surface area contributed by atoms with Crippen LogP contribution in [0, 0.1) is 0 Å². The number of likely N-dealkylation sites (tertiary alicyclic amines) is 1. The highest BCUT2D eigenvalue weighted by atomic mass is 19.4. The van der Waals surface area contributed by atoms with Gasteiger partial charge in [0.25, 0.3) is 0 Å². The van der Waals surface area contributed by atoms with Crippen LogP contribution >= 0.6 is 0 Å². The number of carbonyl (C=O) groups excluding carboxylic acids is 1. The van der Waals surface area contributed by atoms with Gasteiger partial charge in [0.1, 0.15) is 5.75 Å². The molecule has 2 heterocycles. The highest BCUT2D eigenvalue weighted by Gasteiger charge is 2.32. The average molecular weight is 418 g/mol. The molecule has 0 saturated carbocycles. The van der Waals surface area contributed by atoms with Crippen molar-refractivity contribution in [2.75, 3.05) is 13.1 Å². The molecule has 2 aliphatic heterocycles. The monoisotopic (exact) mass is 418 g/mol. The van der Waals surface area contributed by atoms with Crippen molar-refractivity contribution in [3.05, 3.63) is 53.6 Å². The predicted octanol–water partition coefficient (Wildman–Crippen LogP) is 5.60. The molecule has 1 saturated heterocycles. The summed E-state index contributed by atoms with van der Waals surface area (Å²) in [6, 6.07) is 12.4. The van der Waals surface area contributed by atoms with Gasteiger partial charge >= 0.3 is 12.4 Å². The lowest BCUT2D eigenvalue weighted by atomic mass is 9.95. The Morgan fingerprint density at radius 2 is 1.80 bits per heavy atom. The van der Waals surface area contributed by atoms with Crippen LogP contribution in [-0.2, 0) is 13.0 Å². The van der Waals surface area contributed by atoms with E-state index in [4.69, 9.17) is 0 Å². The third kappa shape index (κ3) is 4.40. The number of fused-ring (bicyclic) bond motifs is 1. The number of carbonyl (C=O) groups is 1. The highest BCUT2D eigenvalue weighted by molar-refractivity contribution is 5.76. The highest BCUT2D eigenvalue weighted by Crippen LogP contribution is 2.30. The first-order chi connectivity index (χ1) is 14.3. The number of urea groups is 1. The van der Waals surface area contributed by atoms with Gasteiger partial charge in [-0.15, -0.1) is 13.2 Å². The summed E-state index contributed by atoms with van der Waals surface area (Å²) in [6.07, 6.45) is -0.772. The molecule has 30 heavy (non-hydrogen) atoms. The van der Waals surface area contributed by atoms with Gasteiger partial charge in [0.05, 0.1) is 0 Å². The van der Waals surface area contributed by atoms with Gasteiger partial charge in [0, 0.05) is 25.7 Å². The normalized spacial score (nSPS) is 19.0. The Bertz CT molecular complexity index is 912. The van der Waals surface area contributed by atoms with Crippen molar-refractivity contribution in [3.8, 4) is 16.9 Å². The SMILES string of the molecule is CCC1CCCN1C(=O)N1CCc2ccc(-c3ccc(OC(F)(F)F)cc3)cc2C1. The second-order valence-electron chi connectivity index (χ2n) is 7.91. The summed E-state index contributed by atoms with van der Waals surface area (Å²) < 4.78 is 41.0. The van der Waals surface area contributed by atoms with Gasteiger partial charge in [0.15, 0.2) is 0 Å². The Kier molecular flexibility index (Phi) is 5.62. The third-order valence-electron chi connectivity index (χ3n) is 6.00. The molecule has 1 unspecified atom stereocenters. The standard InChI is InChI=1S/C23H25F3N2O2/c1-2-20-4-3-12-28(20)22(29)27-13-11-17-5-6-18(14-19(17)15-27)16-7-9-21(10-8-16)30-23(24,25)26/h5-10,14,20H,2-4,11-13,15H2,1H3. The van der Waals surface area contributed by atoms with E-state index in [9.17, 15) is 18.0 Å². The summed E-state index contributed by atoms with van der Waals surface area (Å²) in [5.41, 5.74) is 4.03. The van der Waals surface area contributed by atoms with Crippen molar-refractivity contribution in [2.24, 2.45) is 0 Å². The molecule has 0 N–H and O–H groups in total. The number of benzene rings is 2. The van der Waals surface area contributed by atoms with Crippen molar-refractivity contribution in [1.29, 1.82) is 0 Å². The first kappa shape index (κ1) is 20.6. The largest absolute Gasteiger partial charge is 0.573 e. The van der Waals surface area contributed by atoms with Crippen LogP contribution in [0.25, 0.3) is 11.1 Å². The first-order valence-corrected chi connectivity index (χ1v) is 10.4. The molecule has 2 aromatic rings. The molecular weight excluding hydrogens is 393 g/mol. The Labute approximate surface area is 174 Å². The van der Waals surface area contributed by atoms with Crippen molar-refractivity contribution in [3.63, 3.8) is 0 Å². The molecular formula is C23H25F3N2O2. The van der Waals surface area contributed by atoms with Gasteiger partial charge in [-0.25, -0.2) is 4.79 Å². The summed E-state index contributed by atoms with van der Waals surface area (Å²) in [5.74, 6) is -0.239. The van der Waals surface area contributed by atoms with E-state index >= 15 is 0 Å². The van der Waals surface area contributed by atoms with Gasteiger partial charge in [-0.2, -0.15) is 0 Å². The lowest BCUT2D eigenvalue weighted by molar-refractivity contribution is -0.274. The van der Waals surface area contributed by atoms with Crippen LogP contribution in [0.1, 0.15) is 37.3 Å². The number of amides is 2. The van der Waals surface area contributed by atoms with Crippen LogP contribution in [0.3, 0.4) is 0 Å². The van der Waals surface area contributed by atoms with Crippen LogP contribution in [-0.4, -0.2) is 41.3 Å². The Hall–Kier alpha value is -2.70. The molecule has 0 aliphatic carbocycles. The van der Waals surface area contributed by atoms with E-state index in [-0.39, 0.29) is 11.8 Å². The number of alkyl halides is 3. The Morgan fingerprint density at radius 3 is 2.50 bits per heavy atom. The molecule has 4 rings (SSSR count). The fourth-order valence-corrected chi connectivity index (χ4v) is 4.44. The third-order valence-corrected chi connectivity index (χ3v) is 6.00. The molecule has 7 heteroatoms. The summed E-state index contributed by atoms with van der Waals surface area (Å²) in [5, 5.41) is 0. The van der Waals surface area contributed by atoms with Gasteiger partial charge in [-0.1, -0.05) is 31.2 Å². The molecule has 0 radical (unpaired) electrons. The minimum atomic E-state index is -4.70. The molecule has 2 aliphatic rings. The summed E-state index contributed by atoms with van der Waals surface area (Å²) in [4.78, 5) is 17.0. The molecule has 4 nitrogen and oxygen atoms in total. The maximum Gasteiger partial charge on any atom is 0.573 e. The van der Waals surface area contributed by atoms with E-state index in [2.05, 4.69) is 17.7 Å². The summed E-state index contributed by atoms with van der Waals surface area (Å²) >= 11 is 0. The molecule has 0 spiro atoms. The molecule has 1 atom stereocenters. The van der Waals surface area contributed by atoms with Gasteiger partial charge in [-0.3, -0.25) is 0 Å². The second kappa shape index (κ2) is 8.20. The minimum Gasteiger partial charge on any atom is -0.406 e. The topological polar surface area (TPSA) is 32.8 Å². The number of halogens is 3. The molecule has 0 aromatic heterocycles.